The zero-order valence-electron chi connectivity index (χ0n) is 11.7. The first-order valence-electron chi connectivity index (χ1n) is 6.29. The van der Waals surface area contributed by atoms with Crippen molar-refractivity contribution in [1.82, 2.24) is 0 Å². The first-order valence-corrected chi connectivity index (χ1v) is 6.29. The second-order valence-electron chi connectivity index (χ2n) is 4.70. The lowest BCUT2D eigenvalue weighted by atomic mass is 9.99. The SMILES string of the molecule is CO[C@H]1[C@H](O)[C@@H](C)OC(O[C@H](CO)[C@H](C)O)[C@H]1OC. The van der Waals surface area contributed by atoms with E-state index in [-0.39, 0.29) is 6.61 Å². The molecule has 1 saturated heterocycles. The molecular formula is C12H24O7. The second kappa shape index (κ2) is 7.49. The summed E-state index contributed by atoms with van der Waals surface area (Å²) in [5.74, 6) is 0. The fraction of sp³-hybridized carbons (Fsp3) is 1.00. The third-order valence-electron chi connectivity index (χ3n) is 3.33. The largest absolute Gasteiger partial charge is 0.394 e. The van der Waals surface area contributed by atoms with Crippen LogP contribution >= 0.6 is 0 Å². The molecule has 7 nitrogen and oxygen atoms in total. The second-order valence-corrected chi connectivity index (χ2v) is 4.70. The van der Waals surface area contributed by atoms with Gasteiger partial charge in [0, 0.05) is 14.2 Å². The van der Waals surface area contributed by atoms with Gasteiger partial charge >= 0.3 is 0 Å². The number of rotatable bonds is 6. The van der Waals surface area contributed by atoms with Crippen molar-refractivity contribution in [1.29, 1.82) is 0 Å². The predicted molar refractivity (Wildman–Crippen MR) is 65.6 cm³/mol. The van der Waals surface area contributed by atoms with Gasteiger partial charge in [-0.3, -0.25) is 0 Å². The van der Waals surface area contributed by atoms with Crippen LogP contribution in [0.4, 0.5) is 0 Å². The standard InChI is InChI=1S/C12H24O7/c1-6(14)8(5-13)19-12-11(17-4)10(16-3)9(15)7(2)18-12/h6-15H,5H2,1-4H3/t6-,7+,8+,9+,10-,11-,12?/m0/s1. The summed E-state index contributed by atoms with van der Waals surface area (Å²) in [6.45, 7) is 2.86. The van der Waals surface area contributed by atoms with Gasteiger partial charge in [-0.05, 0) is 13.8 Å². The Labute approximate surface area is 113 Å². The van der Waals surface area contributed by atoms with Gasteiger partial charge in [0.2, 0.25) is 0 Å². The van der Waals surface area contributed by atoms with E-state index < -0.39 is 42.9 Å². The molecule has 0 aliphatic carbocycles. The third kappa shape index (κ3) is 3.85. The van der Waals surface area contributed by atoms with Gasteiger partial charge in [-0.15, -0.1) is 0 Å². The van der Waals surface area contributed by atoms with Crippen LogP contribution < -0.4 is 0 Å². The van der Waals surface area contributed by atoms with Gasteiger partial charge < -0.3 is 34.3 Å². The maximum atomic E-state index is 9.97. The molecule has 1 aliphatic heterocycles. The molecule has 1 unspecified atom stereocenters. The Hall–Kier alpha value is -0.280. The normalized spacial score (nSPS) is 39.0. The molecule has 1 fully saturated rings. The average Bonchev–Trinajstić information content (AvgIpc) is 2.38. The zero-order valence-corrected chi connectivity index (χ0v) is 11.7. The van der Waals surface area contributed by atoms with E-state index in [2.05, 4.69) is 0 Å². The Morgan fingerprint density at radius 2 is 1.79 bits per heavy atom. The van der Waals surface area contributed by atoms with E-state index in [1.54, 1.807) is 6.92 Å². The van der Waals surface area contributed by atoms with E-state index in [9.17, 15) is 10.2 Å². The highest BCUT2D eigenvalue weighted by Crippen LogP contribution is 2.26. The maximum absolute atomic E-state index is 9.97. The van der Waals surface area contributed by atoms with Crippen LogP contribution in [0.5, 0.6) is 0 Å². The molecule has 0 saturated carbocycles. The zero-order chi connectivity index (χ0) is 14.6. The van der Waals surface area contributed by atoms with Gasteiger partial charge in [0.25, 0.3) is 0 Å². The number of methoxy groups -OCH3 is 2. The number of aliphatic hydroxyl groups excluding tert-OH is 3. The van der Waals surface area contributed by atoms with E-state index in [0.717, 1.165) is 0 Å². The molecule has 0 spiro atoms. The minimum absolute atomic E-state index is 0.345. The summed E-state index contributed by atoms with van der Waals surface area (Å²) in [5, 5.41) is 28.6. The lowest BCUT2D eigenvalue weighted by Gasteiger charge is -2.43. The summed E-state index contributed by atoms with van der Waals surface area (Å²) in [7, 11) is 2.92. The molecule has 7 heteroatoms. The summed E-state index contributed by atoms with van der Waals surface area (Å²) in [4.78, 5) is 0. The van der Waals surface area contributed by atoms with Crippen LogP contribution in [0.1, 0.15) is 13.8 Å². The molecule has 1 aliphatic rings. The van der Waals surface area contributed by atoms with Crippen LogP contribution in [-0.4, -0.2) is 79.1 Å². The monoisotopic (exact) mass is 280 g/mol. The van der Waals surface area contributed by atoms with Crippen molar-refractivity contribution >= 4 is 0 Å². The first kappa shape index (κ1) is 16.8. The highest BCUT2D eigenvalue weighted by Gasteiger charge is 2.45. The van der Waals surface area contributed by atoms with Crippen molar-refractivity contribution in [2.75, 3.05) is 20.8 Å². The number of aliphatic hydroxyl groups is 3. The first-order chi connectivity index (χ1) is 8.96. The number of hydrogen-bond acceptors (Lipinski definition) is 7. The molecule has 0 amide bonds. The third-order valence-corrected chi connectivity index (χ3v) is 3.33. The van der Waals surface area contributed by atoms with Crippen molar-refractivity contribution in [2.45, 2.75) is 56.8 Å². The van der Waals surface area contributed by atoms with E-state index >= 15 is 0 Å². The average molecular weight is 280 g/mol. The Bertz CT molecular complexity index is 260. The molecule has 19 heavy (non-hydrogen) atoms. The van der Waals surface area contributed by atoms with Crippen molar-refractivity contribution in [3.05, 3.63) is 0 Å². The van der Waals surface area contributed by atoms with Crippen molar-refractivity contribution in [2.24, 2.45) is 0 Å². The summed E-state index contributed by atoms with van der Waals surface area (Å²) < 4.78 is 21.5. The Morgan fingerprint density at radius 1 is 1.21 bits per heavy atom. The van der Waals surface area contributed by atoms with E-state index in [1.807, 2.05) is 0 Å². The quantitative estimate of drug-likeness (QED) is 0.567. The minimum Gasteiger partial charge on any atom is -0.394 e. The number of hydrogen-bond donors (Lipinski definition) is 3. The van der Waals surface area contributed by atoms with Crippen LogP contribution in [-0.2, 0) is 18.9 Å². The van der Waals surface area contributed by atoms with E-state index in [1.165, 1.54) is 21.1 Å². The molecule has 0 aromatic heterocycles. The van der Waals surface area contributed by atoms with Gasteiger partial charge in [-0.2, -0.15) is 0 Å². The van der Waals surface area contributed by atoms with Crippen LogP contribution in [0.15, 0.2) is 0 Å². The highest BCUT2D eigenvalue weighted by atomic mass is 16.7. The molecule has 1 rings (SSSR count). The summed E-state index contributed by atoms with van der Waals surface area (Å²) in [5.41, 5.74) is 0. The maximum Gasteiger partial charge on any atom is 0.187 e. The lowest BCUT2D eigenvalue weighted by Crippen LogP contribution is -2.59. The Morgan fingerprint density at radius 3 is 2.21 bits per heavy atom. The van der Waals surface area contributed by atoms with Crippen molar-refractivity contribution in [3.63, 3.8) is 0 Å². The number of ether oxygens (including phenoxy) is 4. The fourth-order valence-electron chi connectivity index (χ4n) is 2.10. The molecule has 7 atom stereocenters. The molecule has 0 bridgehead atoms. The van der Waals surface area contributed by atoms with Crippen molar-refractivity contribution < 1.29 is 34.3 Å². The molecule has 0 radical (unpaired) electrons. The van der Waals surface area contributed by atoms with Gasteiger partial charge in [0.1, 0.15) is 24.4 Å². The van der Waals surface area contributed by atoms with Crippen LogP contribution in [0.25, 0.3) is 0 Å². The molecule has 3 N–H and O–H groups in total. The highest BCUT2D eigenvalue weighted by molar-refractivity contribution is 4.90. The molecule has 0 aromatic rings. The van der Waals surface area contributed by atoms with Gasteiger partial charge in [0.05, 0.1) is 18.8 Å². The lowest BCUT2D eigenvalue weighted by molar-refractivity contribution is -0.319. The Balaban J connectivity index is 2.79. The predicted octanol–water partition coefficient (Wildman–Crippen LogP) is -1.12. The van der Waals surface area contributed by atoms with E-state index in [4.69, 9.17) is 24.1 Å². The van der Waals surface area contributed by atoms with Crippen LogP contribution in [0.3, 0.4) is 0 Å². The van der Waals surface area contributed by atoms with Gasteiger partial charge in [-0.1, -0.05) is 0 Å². The van der Waals surface area contributed by atoms with Crippen LogP contribution in [0.2, 0.25) is 0 Å². The van der Waals surface area contributed by atoms with Gasteiger partial charge in [-0.25, -0.2) is 0 Å². The van der Waals surface area contributed by atoms with E-state index in [0.29, 0.717) is 0 Å². The fourth-order valence-corrected chi connectivity index (χ4v) is 2.10. The van der Waals surface area contributed by atoms with Crippen molar-refractivity contribution in [3.8, 4) is 0 Å². The molecule has 114 valence electrons. The molecule has 0 aromatic carbocycles. The summed E-state index contributed by atoms with van der Waals surface area (Å²) in [6, 6.07) is 0. The topological polar surface area (TPSA) is 97.6 Å². The molecular weight excluding hydrogens is 256 g/mol. The Kier molecular flexibility index (Phi) is 6.61. The smallest absolute Gasteiger partial charge is 0.187 e. The van der Waals surface area contributed by atoms with Gasteiger partial charge in [0.15, 0.2) is 6.29 Å². The summed E-state index contributed by atoms with van der Waals surface area (Å²) >= 11 is 0. The minimum atomic E-state index is -0.853. The molecule has 1 heterocycles. The van der Waals surface area contributed by atoms with Crippen LogP contribution in [0, 0.1) is 0 Å². The summed E-state index contributed by atoms with van der Waals surface area (Å²) in [6.07, 6.45) is -5.07.